The lowest BCUT2D eigenvalue weighted by atomic mass is 10.1. The van der Waals surface area contributed by atoms with Gasteiger partial charge in [-0.25, -0.2) is 4.68 Å². The maximum absolute atomic E-state index is 12.5. The van der Waals surface area contributed by atoms with Gasteiger partial charge in [0.15, 0.2) is 0 Å². The lowest BCUT2D eigenvalue weighted by molar-refractivity contribution is 0.0955. The number of aromatic nitrogens is 3. The highest BCUT2D eigenvalue weighted by Gasteiger charge is 2.11. The lowest BCUT2D eigenvalue weighted by Crippen LogP contribution is -2.27. The molecule has 1 amide bonds. The quantitative estimate of drug-likeness (QED) is 0.576. The third-order valence-corrected chi connectivity index (χ3v) is 4.40. The molecule has 2 heterocycles. The van der Waals surface area contributed by atoms with Gasteiger partial charge in [0.25, 0.3) is 5.91 Å². The summed E-state index contributed by atoms with van der Waals surface area (Å²) >= 11 is 0. The molecule has 2 N–H and O–H groups in total. The minimum absolute atomic E-state index is 0.245. The summed E-state index contributed by atoms with van der Waals surface area (Å²) in [5.41, 5.74) is 2.87. The van der Waals surface area contributed by atoms with Crippen LogP contribution in [0.2, 0.25) is 0 Å². The highest BCUT2D eigenvalue weighted by molar-refractivity contribution is 6.05. The molecule has 0 aliphatic heterocycles. The molecule has 2 aromatic heterocycles. The van der Waals surface area contributed by atoms with Crippen molar-refractivity contribution in [2.45, 2.75) is 6.42 Å². The Kier molecular flexibility index (Phi) is 4.53. The fraction of sp³-hybridized carbons (Fsp3) is 0.0952. The fourth-order valence-corrected chi connectivity index (χ4v) is 3.04. The molecule has 0 aliphatic rings. The summed E-state index contributed by atoms with van der Waals surface area (Å²) in [6.45, 7) is 0.487. The van der Waals surface area contributed by atoms with Gasteiger partial charge in [0.05, 0.1) is 11.3 Å². The largest absolute Gasteiger partial charge is 0.352 e. The first-order chi connectivity index (χ1) is 13.2. The van der Waals surface area contributed by atoms with Crippen LogP contribution in [0.25, 0.3) is 16.6 Å². The molecule has 0 bridgehead atoms. The van der Waals surface area contributed by atoms with Crippen LogP contribution in [-0.2, 0) is 6.42 Å². The van der Waals surface area contributed by atoms with Crippen LogP contribution in [0.3, 0.4) is 0 Å². The molecule has 6 heteroatoms. The molecule has 0 spiro atoms. The number of fused-ring (bicyclic) bond motifs is 1. The number of carbonyl (C=O) groups excluding carboxylic acids is 1. The number of H-pyrrole nitrogens is 1. The standard InChI is InChI=1S/C21H18N4O2/c26-20-14-18(17-4-1-2-5-19(17)24-20)21(27)22-12-10-15-6-8-16(9-7-15)25-13-3-11-23-25/h1-9,11,13-14H,10,12H2,(H,22,27)(H,24,26). The number of nitrogens with zero attached hydrogens (tertiary/aromatic N) is 2. The summed E-state index contributed by atoms with van der Waals surface area (Å²) in [5.74, 6) is -0.245. The predicted molar refractivity (Wildman–Crippen MR) is 104 cm³/mol. The Labute approximate surface area is 155 Å². The molecule has 0 unspecified atom stereocenters. The van der Waals surface area contributed by atoms with Gasteiger partial charge in [0.1, 0.15) is 0 Å². The van der Waals surface area contributed by atoms with Crippen LogP contribution in [0.5, 0.6) is 0 Å². The third-order valence-electron chi connectivity index (χ3n) is 4.40. The number of amides is 1. The molecule has 0 aliphatic carbocycles. The number of rotatable bonds is 5. The van der Waals surface area contributed by atoms with E-state index in [-0.39, 0.29) is 11.5 Å². The zero-order valence-corrected chi connectivity index (χ0v) is 14.6. The van der Waals surface area contributed by atoms with Crippen molar-refractivity contribution in [2.24, 2.45) is 0 Å². The maximum Gasteiger partial charge on any atom is 0.252 e. The molecule has 0 radical (unpaired) electrons. The van der Waals surface area contributed by atoms with Crippen LogP contribution in [0.15, 0.2) is 77.9 Å². The number of hydrogen-bond donors (Lipinski definition) is 2. The molecule has 4 rings (SSSR count). The van der Waals surface area contributed by atoms with Gasteiger partial charge < -0.3 is 10.3 Å². The zero-order chi connectivity index (χ0) is 18.6. The second-order valence-electron chi connectivity index (χ2n) is 6.22. The molecular formula is C21H18N4O2. The van der Waals surface area contributed by atoms with Crippen molar-refractivity contribution in [1.82, 2.24) is 20.1 Å². The van der Waals surface area contributed by atoms with E-state index < -0.39 is 0 Å². The molecule has 134 valence electrons. The van der Waals surface area contributed by atoms with Crippen molar-refractivity contribution in [2.75, 3.05) is 6.54 Å². The van der Waals surface area contributed by atoms with E-state index in [4.69, 9.17) is 0 Å². The highest BCUT2D eigenvalue weighted by Crippen LogP contribution is 2.14. The molecule has 2 aromatic carbocycles. The summed E-state index contributed by atoms with van der Waals surface area (Å²) in [4.78, 5) is 27.1. The van der Waals surface area contributed by atoms with Gasteiger partial charge in [-0.1, -0.05) is 30.3 Å². The van der Waals surface area contributed by atoms with Crippen LogP contribution in [0.1, 0.15) is 15.9 Å². The van der Waals surface area contributed by atoms with Crippen LogP contribution >= 0.6 is 0 Å². The van der Waals surface area contributed by atoms with Crippen LogP contribution in [-0.4, -0.2) is 27.2 Å². The molecule has 0 fully saturated rings. The van der Waals surface area contributed by atoms with E-state index in [0.29, 0.717) is 24.0 Å². The first-order valence-corrected chi connectivity index (χ1v) is 8.70. The molecular weight excluding hydrogens is 340 g/mol. The van der Waals surface area contributed by atoms with E-state index in [1.54, 1.807) is 16.9 Å². The van der Waals surface area contributed by atoms with E-state index in [9.17, 15) is 9.59 Å². The predicted octanol–water partition coefficient (Wildman–Crippen LogP) is 2.69. The van der Waals surface area contributed by atoms with E-state index in [2.05, 4.69) is 15.4 Å². The monoisotopic (exact) mass is 358 g/mol. The Hall–Kier alpha value is -3.67. The summed E-state index contributed by atoms with van der Waals surface area (Å²) in [7, 11) is 0. The van der Waals surface area contributed by atoms with Crippen LogP contribution in [0.4, 0.5) is 0 Å². The summed E-state index contributed by atoms with van der Waals surface area (Å²) in [5, 5.41) is 7.83. The van der Waals surface area contributed by atoms with Crippen molar-refractivity contribution >= 4 is 16.8 Å². The molecule has 6 nitrogen and oxygen atoms in total. The highest BCUT2D eigenvalue weighted by atomic mass is 16.2. The average Bonchev–Trinajstić information content (AvgIpc) is 3.22. The SMILES string of the molecule is O=C(NCCc1ccc(-n2cccn2)cc1)c1cc(=O)[nH]c2ccccc12. The molecule has 0 atom stereocenters. The number of aromatic amines is 1. The Balaban J connectivity index is 1.42. The first-order valence-electron chi connectivity index (χ1n) is 8.70. The van der Waals surface area contributed by atoms with Gasteiger partial charge >= 0.3 is 0 Å². The second kappa shape index (κ2) is 7.29. The minimum Gasteiger partial charge on any atom is -0.352 e. The van der Waals surface area contributed by atoms with Gasteiger partial charge in [-0.05, 0) is 36.2 Å². The first kappa shape index (κ1) is 16.8. The van der Waals surface area contributed by atoms with Crippen molar-refractivity contribution in [3.05, 3.63) is 94.5 Å². The van der Waals surface area contributed by atoms with Gasteiger partial charge in [0, 0.05) is 35.9 Å². The average molecular weight is 358 g/mol. The van der Waals surface area contributed by atoms with Gasteiger partial charge in [-0.2, -0.15) is 5.10 Å². The Bertz CT molecular complexity index is 1130. The van der Waals surface area contributed by atoms with Crippen molar-refractivity contribution < 1.29 is 4.79 Å². The minimum atomic E-state index is -0.284. The topological polar surface area (TPSA) is 79.8 Å². The van der Waals surface area contributed by atoms with E-state index >= 15 is 0 Å². The maximum atomic E-state index is 12.5. The van der Waals surface area contributed by atoms with Gasteiger partial charge in [0.2, 0.25) is 5.56 Å². The smallest absolute Gasteiger partial charge is 0.252 e. The molecule has 0 saturated carbocycles. The molecule has 27 heavy (non-hydrogen) atoms. The number of para-hydroxylation sites is 1. The van der Waals surface area contributed by atoms with Crippen LogP contribution in [0, 0.1) is 0 Å². The number of benzene rings is 2. The third kappa shape index (κ3) is 3.64. The van der Waals surface area contributed by atoms with Gasteiger partial charge in [-0.15, -0.1) is 0 Å². The summed E-state index contributed by atoms with van der Waals surface area (Å²) < 4.78 is 1.80. The fourth-order valence-electron chi connectivity index (χ4n) is 3.04. The summed E-state index contributed by atoms with van der Waals surface area (Å²) in [6.07, 6.45) is 4.33. The normalized spacial score (nSPS) is 10.8. The van der Waals surface area contributed by atoms with Gasteiger partial charge in [-0.3, -0.25) is 9.59 Å². The number of nitrogens with one attached hydrogen (secondary N) is 2. The van der Waals surface area contributed by atoms with Crippen molar-refractivity contribution in [3.8, 4) is 5.69 Å². The lowest BCUT2D eigenvalue weighted by Gasteiger charge is -2.08. The Morgan fingerprint density at radius 2 is 1.89 bits per heavy atom. The van der Waals surface area contributed by atoms with E-state index in [1.165, 1.54) is 6.07 Å². The second-order valence-corrected chi connectivity index (χ2v) is 6.22. The van der Waals surface area contributed by atoms with Crippen LogP contribution < -0.4 is 10.9 Å². The Morgan fingerprint density at radius 3 is 2.67 bits per heavy atom. The van der Waals surface area contributed by atoms with E-state index in [1.807, 2.05) is 54.7 Å². The van der Waals surface area contributed by atoms with E-state index in [0.717, 1.165) is 16.6 Å². The summed E-state index contributed by atoms with van der Waals surface area (Å²) in [6, 6.07) is 18.5. The molecule has 4 aromatic rings. The number of carbonyl (C=O) groups is 1. The zero-order valence-electron chi connectivity index (χ0n) is 14.6. The number of hydrogen-bond acceptors (Lipinski definition) is 3. The van der Waals surface area contributed by atoms with Crippen molar-refractivity contribution in [3.63, 3.8) is 0 Å². The van der Waals surface area contributed by atoms with Crippen molar-refractivity contribution in [1.29, 1.82) is 0 Å². The number of pyridine rings is 1. The Morgan fingerprint density at radius 1 is 1.07 bits per heavy atom. The molecule has 0 saturated heterocycles.